The zero-order chi connectivity index (χ0) is 30.7. The van der Waals surface area contributed by atoms with Crippen LogP contribution in [0.3, 0.4) is 0 Å². The van der Waals surface area contributed by atoms with Crippen molar-refractivity contribution in [3.8, 4) is 22.9 Å². The molecule has 4 aromatic rings. The van der Waals surface area contributed by atoms with Crippen LogP contribution in [0.2, 0.25) is 0 Å². The quantitative estimate of drug-likeness (QED) is 0.235. The third-order valence-corrected chi connectivity index (χ3v) is 8.30. The maximum absolute atomic E-state index is 14.9. The Bertz CT molecular complexity index is 1780. The molecule has 1 saturated heterocycles. The summed E-state index contributed by atoms with van der Waals surface area (Å²) < 4.78 is 62.6. The molecule has 0 bridgehead atoms. The highest BCUT2D eigenvalue weighted by Gasteiger charge is 2.30. The van der Waals surface area contributed by atoms with Crippen molar-refractivity contribution in [2.45, 2.75) is 38.9 Å². The molecular weight excluding hydrogens is 584 g/mol. The SMILES string of the molecule is CCCS(=O)(=O)Nc1c(F)ccc2c(Oc3ncncc3-c3ccnc(N[C@H]4C[C@H](F)CN(C(=O)O)C4)n3)c(C)ccc12. The molecule has 1 amide bonds. The van der Waals surface area contributed by atoms with Crippen molar-refractivity contribution in [3.63, 3.8) is 0 Å². The standard InChI is InChI=1S/C28H29F2N7O5S/c1-3-10-43(40,41)36-24-19-5-4-16(2)25(20(19)6-7-22(24)30)42-26-21(12-31-15-33-26)23-8-9-32-27(35-23)34-18-11-17(29)13-37(14-18)28(38)39/h4-9,12,15,17-18,36H,3,10-11,13-14H2,1-2H3,(H,38,39)(H,32,34,35)/t17-,18-/m0/s1. The Labute approximate surface area is 246 Å². The number of aryl methyl sites for hydroxylation is 1. The minimum Gasteiger partial charge on any atom is -0.465 e. The number of sulfonamides is 1. The molecule has 226 valence electrons. The Balaban J connectivity index is 1.47. The van der Waals surface area contributed by atoms with E-state index in [0.29, 0.717) is 39.8 Å². The number of carboxylic acid groups (broad SMARTS) is 1. The fourth-order valence-electron chi connectivity index (χ4n) is 4.91. The molecule has 43 heavy (non-hydrogen) atoms. The van der Waals surface area contributed by atoms with Crippen molar-refractivity contribution >= 4 is 38.5 Å². The van der Waals surface area contributed by atoms with E-state index in [1.54, 1.807) is 32.0 Å². The van der Waals surface area contributed by atoms with Crippen LogP contribution in [0.25, 0.3) is 22.0 Å². The van der Waals surface area contributed by atoms with Crippen LogP contribution in [-0.2, 0) is 10.0 Å². The lowest BCUT2D eigenvalue weighted by Crippen LogP contribution is -2.49. The van der Waals surface area contributed by atoms with Gasteiger partial charge in [-0.3, -0.25) is 4.72 Å². The summed E-state index contributed by atoms with van der Waals surface area (Å²) in [5.41, 5.74) is 1.25. The highest BCUT2D eigenvalue weighted by atomic mass is 32.2. The number of amides is 1. The second-order valence-corrected chi connectivity index (χ2v) is 12.0. The van der Waals surface area contributed by atoms with Gasteiger partial charge in [0.05, 0.1) is 29.2 Å². The third kappa shape index (κ3) is 6.71. The van der Waals surface area contributed by atoms with Gasteiger partial charge in [-0.1, -0.05) is 19.1 Å². The molecule has 2 atom stereocenters. The van der Waals surface area contributed by atoms with E-state index in [4.69, 9.17) is 4.74 Å². The molecule has 0 radical (unpaired) electrons. The number of likely N-dealkylation sites (tertiary alicyclic amines) is 1. The number of anilines is 2. The first-order valence-electron chi connectivity index (χ1n) is 13.5. The molecule has 0 aliphatic carbocycles. The molecule has 1 aliphatic rings. The number of hydrogen-bond acceptors (Lipinski definition) is 9. The maximum Gasteiger partial charge on any atom is 0.407 e. The van der Waals surface area contributed by atoms with Crippen LogP contribution < -0.4 is 14.8 Å². The van der Waals surface area contributed by atoms with Gasteiger partial charge in [0.15, 0.2) is 0 Å². The minimum absolute atomic E-state index is 0.0731. The molecule has 0 unspecified atom stereocenters. The normalized spacial score (nSPS) is 17.1. The average Bonchev–Trinajstić information content (AvgIpc) is 2.96. The molecule has 3 heterocycles. The van der Waals surface area contributed by atoms with Crippen LogP contribution in [0.5, 0.6) is 11.6 Å². The molecule has 5 rings (SSSR count). The number of alkyl halides is 1. The second kappa shape index (κ2) is 12.3. The van der Waals surface area contributed by atoms with Crippen LogP contribution in [0.1, 0.15) is 25.3 Å². The zero-order valence-electron chi connectivity index (χ0n) is 23.3. The number of fused-ring (bicyclic) bond motifs is 1. The molecule has 3 N–H and O–H groups in total. The molecule has 12 nitrogen and oxygen atoms in total. The number of hydrogen-bond donors (Lipinski definition) is 3. The summed E-state index contributed by atoms with van der Waals surface area (Å²) in [6.45, 7) is 3.38. The van der Waals surface area contributed by atoms with E-state index in [0.717, 1.165) is 4.90 Å². The largest absolute Gasteiger partial charge is 0.465 e. The lowest BCUT2D eigenvalue weighted by atomic mass is 10.0. The van der Waals surface area contributed by atoms with E-state index in [9.17, 15) is 27.1 Å². The molecule has 15 heteroatoms. The van der Waals surface area contributed by atoms with E-state index in [1.807, 2.05) is 0 Å². The van der Waals surface area contributed by atoms with Gasteiger partial charge >= 0.3 is 6.09 Å². The van der Waals surface area contributed by atoms with Gasteiger partial charge in [-0.25, -0.2) is 41.9 Å². The van der Waals surface area contributed by atoms with E-state index in [1.165, 1.54) is 30.9 Å². The molecule has 0 spiro atoms. The van der Waals surface area contributed by atoms with E-state index < -0.39 is 34.1 Å². The number of aromatic nitrogens is 4. The molecule has 1 aliphatic heterocycles. The Morgan fingerprint density at radius 2 is 1.95 bits per heavy atom. The molecule has 0 saturated carbocycles. The summed E-state index contributed by atoms with van der Waals surface area (Å²) in [6, 6.07) is 7.03. The summed E-state index contributed by atoms with van der Waals surface area (Å²) in [4.78, 5) is 29.5. The first kappa shape index (κ1) is 29.8. The van der Waals surface area contributed by atoms with Gasteiger partial charge in [0.25, 0.3) is 0 Å². The number of piperidine rings is 1. The van der Waals surface area contributed by atoms with Crippen molar-refractivity contribution < 1.29 is 31.8 Å². The smallest absolute Gasteiger partial charge is 0.407 e. The van der Waals surface area contributed by atoms with Crippen molar-refractivity contribution in [3.05, 3.63) is 60.4 Å². The van der Waals surface area contributed by atoms with Crippen LogP contribution in [0.4, 0.5) is 25.2 Å². The third-order valence-electron chi connectivity index (χ3n) is 6.84. The Morgan fingerprint density at radius 3 is 2.72 bits per heavy atom. The Hall–Kier alpha value is -4.66. The first-order chi connectivity index (χ1) is 20.5. The van der Waals surface area contributed by atoms with Crippen LogP contribution in [-0.4, -0.2) is 75.5 Å². The maximum atomic E-state index is 14.9. The highest BCUT2D eigenvalue weighted by Crippen LogP contribution is 2.39. The first-order valence-corrected chi connectivity index (χ1v) is 15.1. The van der Waals surface area contributed by atoms with Crippen molar-refractivity contribution in [1.29, 1.82) is 0 Å². The summed E-state index contributed by atoms with van der Waals surface area (Å²) in [6.07, 6.45) is 2.18. The summed E-state index contributed by atoms with van der Waals surface area (Å²) in [7, 11) is -3.77. The van der Waals surface area contributed by atoms with E-state index >= 15 is 0 Å². The lowest BCUT2D eigenvalue weighted by Gasteiger charge is -2.33. The van der Waals surface area contributed by atoms with Crippen LogP contribution in [0.15, 0.2) is 49.1 Å². The van der Waals surface area contributed by atoms with Gasteiger partial charge in [0.2, 0.25) is 21.9 Å². The van der Waals surface area contributed by atoms with Gasteiger partial charge in [-0.15, -0.1) is 0 Å². The molecule has 2 aromatic carbocycles. The fourth-order valence-corrected chi connectivity index (χ4v) is 6.06. The predicted octanol–water partition coefficient (Wildman–Crippen LogP) is 4.98. The number of rotatable bonds is 9. The lowest BCUT2D eigenvalue weighted by molar-refractivity contribution is 0.102. The van der Waals surface area contributed by atoms with Crippen molar-refractivity contribution in [2.24, 2.45) is 0 Å². The number of nitrogens with zero attached hydrogens (tertiary/aromatic N) is 5. The number of carbonyl (C=O) groups is 1. The average molecular weight is 614 g/mol. The molecular formula is C28H29F2N7O5S. The highest BCUT2D eigenvalue weighted by molar-refractivity contribution is 7.92. The monoisotopic (exact) mass is 613 g/mol. The summed E-state index contributed by atoms with van der Waals surface area (Å²) >= 11 is 0. The van der Waals surface area contributed by atoms with Crippen LogP contribution >= 0.6 is 0 Å². The summed E-state index contributed by atoms with van der Waals surface area (Å²) in [5, 5.41) is 13.1. The summed E-state index contributed by atoms with van der Waals surface area (Å²) in [5.74, 6) is -0.297. The van der Waals surface area contributed by atoms with Crippen molar-refractivity contribution in [2.75, 3.05) is 28.9 Å². The minimum atomic E-state index is -3.77. The second-order valence-electron chi connectivity index (χ2n) is 10.1. The molecule has 1 fully saturated rings. The van der Waals surface area contributed by atoms with Gasteiger partial charge in [-0.2, -0.15) is 0 Å². The van der Waals surface area contributed by atoms with Gasteiger partial charge in [0, 0.05) is 42.2 Å². The predicted molar refractivity (Wildman–Crippen MR) is 156 cm³/mol. The Morgan fingerprint density at radius 1 is 1.16 bits per heavy atom. The number of ether oxygens (including phenoxy) is 1. The van der Waals surface area contributed by atoms with Crippen LogP contribution in [0, 0.1) is 12.7 Å². The van der Waals surface area contributed by atoms with E-state index in [-0.39, 0.29) is 42.8 Å². The molecule has 2 aromatic heterocycles. The topological polar surface area (TPSA) is 160 Å². The van der Waals surface area contributed by atoms with Gasteiger partial charge in [-0.05, 0) is 37.1 Å². The fraction of sp³-hybridized carbons (Fsp3) is 0.321. The van der Waals surface area contributed by atoms with E-state index in [2.05, 4.69) is 30.0 Å². The van der Waals surface area contributed by atoms with Gasteiger partial charge < -0.3 is 20.1 Å². The number of nitrogens with one attached hydrogen (secondary N) is 2. The Kier molecular flexibility index (Phi) is 8.52. The van der Waals surface area contributed by atoms with Gasteiger partial charge in [0.1, 0.15) is 24.1 Å². The van der Waals surface area contributed by atoms with Crippen molar-refractivity contribution in [1.82, 2.24) is 24.8 Å². The zero-order valence-corrected chi connectivity index (χ0v) is 24.1. The number of halogens is 2. The number of benzene rings is 2.